The lowest BCUT2D eigenvalue weighted by Crippen LogP contribution is -2.15. The third-order valence-corrected chi connectivity index (χ3v) is 3.94. The van der Waals surface area contributed by atoms with Crippen molar-refractivity contribution in [1.29, 1.82) is 0 Å². The second-order valence-electron chi connectivity index (χ2n) is 5.64. The first-order chi connectivity index (χ1) is 9.55. The predicted molar refractivity (Wildman–Crippen MR) is 87.1 cm³/mol. The van der Waals surface area contributed by atoms with Gasteiger partial charge in [-0.15, -0.1) is 0 Å². The van der Waals surface area contributed by atoms with Crippen LogP contribution in [0.25, 0.3) is 0 Å². The first-order valence-corrected chi connectivity index (χ1v) is 7.50. The minimum Gasteiger partial charge on any atom is -0.320 e. The maximum Gasteiger partial charge on any atom is 0.0554 e. The van der Waals surface area contributed by atoms with Gasteiger partial charge in [0.2, 0.25) is 0 Å². The van der Waals surface area contributed by atoms with E-state index in [9.17, 15) is 0 Å². The molecule has 0 radical (unpaired) electrons. The van der Waals surface area contributed by atoms with E-state index in [4.69, 9.17) is 5.73 Å². The van der Waals surface area contributed by atoms with Crippen molar-refractivity contribution in [3.05, 3.63) is 69.8 Å². The van der Waals surface area contributed by atoms with Gasteiger partial charge in [0.15, 0.2) is 0 Å². The Balaban J connectivity index is 2.48. The Morgan fingerprint density at radius 2 is 1.55 bits per heavy atom. The minimum absolute atomic E-state index is 0.0324. The molecule has 2 aromatic rings. The van der Waals surface area contributed by atoms with Gasteiger partial charge in [0.05, 0.1) is 6.04 Å². The summed E-state index contributed by atoms with van der Waals surface area (Å²) < 4.78 is 0. The summed E-state index contributed by atoms with van der Waals surface area (Å²) in [7, 11) is 0. The van der Waals surface area contributed by atoms with Gasteiger partial charge in [-0.1, -0.05) is 61.4 Å². The average molecular weight is 267 g/mol. The van der Waals surface area contributed by atoms with Crippen LogP contribution in [0.15, 0.2) is 36.4 Å². The highest BCUT2D eigenvalue weighted by molar-refractivity contribution is 5.42. The SMILES string of the molecule is CCc1ccc(CC)c(C(N)c2cc(C)cc(C)c2)c1. The number of hydrogen-bond donors (Lipinski definition) is 1. The van der Waals surface area contributed by atoms with Gasteiger partial charge >= 0.3 is 0 Å². The zero-order chi connectivity index (χ0) is 14.7. The maximum atomic E-state index is 6.55. The highest BCUT2D eigenvalue weighted by Gasteiger charge is 2.13. The van der Waals surface area contributed by atoms with Crippen molar-refractivity contribution in [2.45, 2.75) is 46.6 Å². The summed E-state index contributed by atoms with van der Waals surface area (Å²) in [6.07, 6.45) is 2.08. The smallest absolute Gasteiger partial charge is 0.0554 e. The normalized spacial score (nSPS) is 12.4. The van der Waals surface area contributed by atoms with Crippen molar-refractivity contribution in [2.24, 2.45) is 5.73 Å². The van der Waals surface area contributed by atoms with E-state index in [1.54, 1.807) is 0 Å². The Labute approximate surface area is 122 Å². The van der Waals surface area contributed by atoms with E-state index in [1.807, 2.05) is 0 Å². The summed E-state index contributed by atoms with van der Waals surface area (Å²) in [5, 5.41) is 0. The molecule has 20 heavy (non-hydrogen) atoms. The molecule has 0 aliphatic heterocycles. The fourth-order valence-electron chi connectivity index (χ4n) is 2.84. The van der Waals surface area contributed by atoms with E-state index in [0.717, 1.165) is 12.8 Å². The van der Waals surface area contributed by atoms with Crippen LogP contribution < -0.4 is 5.73 Å². The number of aryl methyl sites for hydroxylation is 4. The molecule has 1 unspecified atom stereocenters. The van der Waals surface area contributed by atoms with Gasteiger partial charge in [-0.25, -0.2) is 0 Å². The van der Waals surface area contributed by atoms with Crippen LogP contribution in [0.2, 0.25) is 0 Å². The molecule has 0 aliphatic carbocycles. The molecule has 0 heterocycles. The Kier molecular flexibility index (Phi) is 4.61. The van der Waals surface area contributed by atoms with E-state index in [1.165, 1.54) is 33.4 Å². The summed E-state index contributed by atoms with van der Waals surface area (Å²) in [6, 6.07) is 13.3. The molecular weight excluding hydrogens is 242 g/mol. The number of nitrogens with two attached hydrogens (primary N) is 1. The van der Waals surface area contributed by atoms with Crippen molar-refractivity contribution in [1.82, 2.24) is 0 Å². The zero-order valence-corrected chi connectivity index (χ0v) is 13.0. The molecule has 1 heteroatoms. The van der Waals surface area contributed by atoms with Crippen molar-refractivity contribution in [2.75, 3.05) is 0 Å². The number of benzene rings is 2. The molecular formula is C19H25N. The quantitative estimate of drug-likeness (QED) is 0.868. The second-order valence-corrected chi connectivity index (χ2v) is 5.64. The molecule has 2 rings (SSSR count). The van der Waals surface area contributed by atoms with E-state index < -0.39 is 0 Å². The molecule has 106 valence electrons. The van der Waals surface area contributed by atoms with Crippen LogP contribution in [0.3, 0.4) is 0 Å². The lowest BCUT2D eigenvalue weighted by atomic mass is 9.90. The van der Waals surface area contributed by atoms with Gasteiger partial charge in [0, 0.05) is 0 Å². The standard InChI is InChI=1S/C19H25N/c1-5-15-7-8-16(6-2)18(12-15)19(20)17-10-13(3)9-14(4)11-17/h7-12,19H,5-6,20H2,1-4H3. The third-order valence-electron chi connectivity index (χ3n) is 3.94. The summed E-state index contributed by atoms with van der Waals surface area (Å²) >= 11 is 0. The van der Waals surface area contributed by atoms with Crippen LogP contribution in [0.4, 0.5) is 0 Å². The molecule has 2 N–H and O–H groups in total. The predicted octanol–water partition coefficient (Wildman–Crippen LogP) is 4.48. The van der Waals surface area contributed by atoms with Crippen LogP contribution in [0.1, 0.15) is 53.3 Å². The summed E-state index contributed by atoms with van der Waals surface area (Å²) in [5.74, 6) is 0. The molecule has 1 atom stereocenters. The summed E-state index contributed by atoms with van der Waals surface area (Å²) in [5.41, 5.74) is 14.3. The molecule has 0 amide bonds. The highest BCUT2D eigenvalue weighted by Crippen LogP contribution is 2.26. The van der Waals surface area contributed by atoms with Gasteiger partial charge in [-0.3, -0.25) is 0 Å². The van der Waals surface area contributed by atoms with Gasteiger partial charge < -0.3 is 5.73 Å². The molecule has 0 aromatic heterocycles. The minimum atomic E-state index is -0.0324. The highest BCUT2D eigenvalue weighted by atomic mass is 14.6. The summed E-state index contributed by atoms with van der Waals surface area (Å²) in [4.78, 5) is 0. The zero-order valence-electron chi connectivity index (χ0n) is 13.0. The van der Waals surface area contributed by atoms with Crippen LogP contribution in [-0.4, -0.2) is 0 Å². The molecule has 0 saturated heterocycles. The molecule has 0 bridgehead atoms. The van der Waals surface area contributed by atoms with Gasteiger partial charge in [0.25, 0.3) is 0 Å². The molecule has 0 aliphatic rings. The molecule has 0 saturated carbocycles. The molecule has 2 aromatic carbocycles. The van der Waals surface area contributed by atoms with Crippen molar-refractivity contribution in [3.8, 4) is 0 Å². The molecule has 0 spiro atoms. The first kappa shape index (κ1) is 14.8. The number of hydrogen-bond acceptors (Lipinski definition) is 1. The summed E-state index contributed by atoms with van der Waals surface area (Å²) in [6.45, 7) is 8.64. The van der Waals surface area contributed by atoms with E-state index in [-0.39, 0.29) is 6.04 Å². The topological polar surface area (TPSA) is 26.0 Å². The van der Waals surface area contributed by atoms with E-state index in [0.29, 0.717) is 0 Å². The van der Waals surface area contributed by atoms with E-state index >= 15 is 0 Å². The number of rotatable bonds is 4. The van der Waals surface area contributed by atoms with Gasteiger partial charge in [-0.2, -0.15) is 0 Å². The Morgan fingerprint density at radius 3 is 2.10 bits per heavy atom. The maximum absolute atomic E-state index is 6.55. The Bertz CT molecular complexity index is 578. The van der Waals surface area contributed by atoms with Gasteiger partial charge in [-0.05, 0) is 48.9 Å². The third kappa shape index (κ3) is 3.10. The van der Waals surface area contributed by atoms with Crippen LogP contribution in [-0.2, 0) is 12.8 Å². The fraction of sp³-hybridized carbons (Fsp3) is 0.368. The van der Waals surface area contributed by atoms with Crippen LogP contribution in [0.5, 0.6) is 0 Å². The molecule has 1 nitrogen and oxygen atoms in total. The van der Waals surface area contributed by atoms with Crippen molar-refractivity contribution in [3.63, 3.8) is 0 Å². The second kappa shape index (κ2) is 6.23. The fourth-order valence-corrected chi connectivity index (χ4v) is 2.84. The van der Waals surface area contributed by atoms with Gasteiger partial charge in [0.1, 0.15) is 0 Å². The van der Waals surface area contributed by atoms with Crippen LogP contribution >= 0.6 is 0 Å². The first-order valence-electron chi connectivity index (χ1n) is 7.50. The molecule has 0 fully saturated rings. The lowest BCUT2D eigenvalue weighted by Gasteiger charge is -2.19. The average Bonchev–Trinajstić information content (AvgIpc) is 2.44. The van der Waals surface area contributed by atoms with Crippen molar-refractivity contribution < 1.29 is 0 Å². The monoisotopic (exact) mass is 267 g/mol. The Hall–Kier alpha value is -1.60. The van der Waals surface area contributed by atoms with E-state index in [2.05, 4.69) is 64.1 Å². The largest absolute Gasteiger partial charge is 0.320 e. The Morgan fingerprint density at radius 1 is 0.900 bits per heavy atom. The lowest BCUT2D eigenvalue weighted by molar-refractivity contribution is 0.842. The van der Waals surface area contributed by atoms with Crippen molar-refractivity contribution >= 4 is 0 Å². The van der Waals surface area contributed by atoms with Crippen LogP contribution in [0, 0.1) is 13.8 Å².